The minimum atomic E-state index is 0.225. The predicted octanol–water partition coefficient (Wildman–Crippen LogP) is 2.24. The van der Waals surface area contributed by atoms with Crippen molar-refractivity contribution >= 4 is 27.4 Å². The Balaban J connectivity index is 2.09. The van der Waals surface area contributed by atoms with Crippen molar-refractivity contribution in [2.45, 2.75) is 12.5 Å². The largest absolute Gasteiger partial charge is 0.377 e. The molecule has 1 atom stereocenters. The summed E-state index contributed by atoms with van der Waals surface area (Å²) in [6.45, 7) is 2.29. The van der Waals surface area contributed by atoms with Gasteiger partial charge in [-0.05, 0) is 18.2 Å². The number of anilines is 1. The van der Waals surface area contributed by atoms with Gasteiger partial charge in [0.15, 0.2) is 5.78 Å². The van der Waals surface area contributed by atoms with E-state index in [1.165, 1.54) is 0 Å². The summed E-state index contributed by atoms with van der Waals surface area (Å²) in [5, 5.41) is 0. The molecule has 1 aromatic rings. The van der Waals surface area contributed by atoms with Gasteiger partial charge in [0.1, 0.15) is 0 Å². The molecule has 0 bridgehead atoms. The number of fused-ring (bicyclic) bond motifs is 3. The molecule has 1 aromatic carbocycles. The fourth-order valence-electron chi connectivity index (χ4n) is 2.44. The number of morpholine rings is 1. The van der Waals surface area contributed by atoms with Gasteiger partial charge in [0.05, 0.1) is 19.3 Å². The van der Waals surface area contributed by atoms with E-state index in [0.717, 1.165) is 28.9 Å². The van der Waals surface area contributed by atoms with E-state index in [0.29, 0.717) is 13.0 Å². The fourth-order valence-corrected chi connectivity index (χ4v) is 2.79. The van der Waals surface area contributed by atoms with Crippen LogP contribution in [0.15, 0.2) is 22.7 Å². The zero-order valence-electron chi connectivity index (χ0n) is 8.78. The fraction of sp³-hybridized carbons (Fsp3) is 0.417. The Hall–Kier alpha value is -0.870. The number of benzene rings is 1. The number of ketones is 1. The van der Waals surface area contributed by atoms with Crippen LogP contribution >= 0.6 is 15.9 Å². The number of carbonyl (C=O) groups excluding carboxylic acids is 1. The summed E-state index contributed by atoms with van der Waals surface area (Å²) in [6, 6.07) is 6.10. The topological polar surface area (TPSA) is 29.5 Å². The normalized spacial score (nSPS) is 23.9. The van der Waals surface area contributed by atoms with Crippen molar-refractivity contribution in [2.24, 2.45) is 0 Å². The smallest absolute Gasteiger partial charge is 0.167 e. The van der Waals surface area contributed by atoms with Crippen LogP contribution in [0.3, 0.4) is 0 Å². The van der Waals surface area contributed by atoms with E-state index < -0.39 is 0 Å². The summed E-state index contributed by atoms with van der Waals surface area (Å²) in [7, 11) is 0. The first kappa shape index (κ1) is 10.3. The third-order valence-electron chi connectivity index (χ3n) is 3.22. The monoisotopic (exact) mass is 281 g/mol. The summed E-state index contributed by atoms with van der Waals surface area (Å²) in [4.78, 5) is 14.3. The number of halogens is 1. The SMILES string of the molecule is O=C1CC2COCCN2c2cc(Br)ccc21. The molecule has 0 saturated carbocycles. The van der Waals surface area contributed by atoms with Crippen molar-refractivity contribution in [2.75, 3.05) is 24.7 Å². The number of ether oxygens (including phenoxy) is 1. The molecule has 3 nitrogen and oxygen atoms in total. The van der Waals surface area contributed by atoms with Gasteiger partial charge in [-0.25, -0.2) is 0 Å². The highest BCUT2D eigenvalue weighted by molar-refractivity contribution is 9.10. The molecule has 4 heteroatoms. The highest BCUT2D eigenvalue weighted by Crippen LogP contribution is 2.34. The molecule has 0 N–H and O–H groups in total. The minimum absolute atomic E-state index is 0.225. The molecule has 0 aliphatic carbocycles. The van der Waals surface area contributed by atoms with E-state index in [-0.39, 0.29) is 11.8 Å². The van der Waals surface area contributed by atoms with Crippen molar-refractivity contribution in [3.8, 4) is 0 Å². The van der Waals surface area contributed by atoms with Crippen LogP contribution in [0.4, 0.5) is 5.69 Å². The molecule has 2 aliphatic heterocycles. The second-order valence-electron chi connectivity index (χ2n) is 4.21. The van der Waals surface area contributed by atoms with Crippen LogP contribution in [-0.4, -0.2) is 31.6 Å². The van der Waals surface area contributed by atoms with Gasteiger partial charge in [-0.2, -0.15) is 0 Å². The molecule has 0 aromatic heterocycles. The van der Waals surface area contributed by atoms with Crippen molar-refractivity contribution < 1.29 is 9.53 Å². The van der Waals surface area contributed by atoms with Crippen LogP contribution < -0.4 is 4.90 Å². The molecule has 0 radical (unpaired) electrons. The molecule has 1 saturated heterocycles. The van der Waals surface area contributed by atoms with Gasteiger partial charge in [-0.1, -0.05) is 15.9 Å². The predicted molar refractivity (Wildman–Crippen MR) is 65.0 cm³/mol. The van der Waals surface area contributed by atoms with E-state index in [9.17, 15) is 4.79 Å². The van der Waals surface area contributed by atoms with Gasteiger partial charge in [0.25, 0.3) is 0 Å². The second-order valence-corrected chi connectivity index (χ2v) is 5.13. The van der Waals surface area contributed by atoms with Crippen LogP contribution in [0.5, 0.6) is 0 Å². The molecule has 2 heterocycles. The average molecular weight is 282 g/mol. The molecular weight excluding hydrogens is 270 g/mol. The maximum absolute atomic E-state index is 12.0. The van der Waals surface area contributed by atoms with Crippen molar-refractivity contribution in [3.63, 3.8) is 0 Å². The van der Waals surface area contributed by atoms with Gasteiger partial charge >= 0.3 is 0 Å². The Labute approximate surface area is 103 Å². The molecule has 3 rings (SSSR count). The van der Waals surface area contributed by atoms with Crippen LogP contribution in [0.2, 0.25) is 0 Å². The number of rotatable bonds is 0. The Morgan fingerprint density at radius 1 is 1.44 bits per heavy atom. The van der Waals surface area contributed by atoms with Gasteiger partial charge in [0, 0.05) is 28.7 Å². The Kier molecular flexibility index (Phi) is 2.48. The van der Waals surface area contributed by atoms with E-state index in [4.69, 9.17) is 4.74 Å². The maximum Gasteiger partial charge on any atom is 0.167 e. The summed E-state index contributed by atoms with van der Waals surface area (Å²) >= 11 is 3.46. The Morgan fingerprint density at radius 2 is 2.31 bits per heavy atom. The van der Waals surface area contributed by atoms with Gasteiger partial charge in [-0.3, -0.25) is 4.79 Å². The lowest BCUT2D eigenvalue weighted by Crippen LogP contribution is -2.49. The van der Waals surface area contributed by atoms with Gasteiger partial charge in [-0.15, -0.1) is 0 Å². The molecular formula is C12H12BrNO2. The molecule has 0 spiro atoms. The molecule has 16 heavy (non-hydrogen) atoms. The number of nitrogens with zero attached hydrogens (tertiary/aromatic N) is 1. The second kappa shape index (κ2) is 3.86. The summed E-state index contributed by atoms with van der Waals surface area (Å²) in [5.41, 5.74) is 1.90. The molecule has 0 amide bonds. The number of hydrogen-bond acceptors (Lipinski definition) is 3. The lowest BCUT2D eigenvalue weighted by molar-refractivity contribution is 0.0765. The third-order valence-corrected chi connectivity index (χ3v) is 3.71. The van der Waals surface area contributed by atoms with E-state index in [2.05, 4.69) is 20.8 Å². The molecule has 1 unspecified atom stereocenters. The van der Waals surface area contributed by atoms with Crippen molar-refractivity contribution in [3.05, 3.63) is 28.2 Å². The standard InChI is InChI=1S/C12H12BrNO2/c13-8-1-2-10-11(5-8)14-3-4-16-7-9(14)6-12(10)15/h1-2,5,9H,3-4,6-7H2. The highest BCUT2D eigenvalue weighted by atomic mass is 79.9. The third kappa shape index (κ3) is 1.57. The van der Waals surface area contributed by atoms with Crippen molar-refractivity contribution in [1.29, 1.82) is 0 Å². The van der Waals surface area contributed by atoms with Crippen LogP contribution in [0.1, 0.15) is 16.8 Å². The Bertz CT molecular complexity index is 447. The molecule has 84 valence electrons. The first-order chi connectivity index (χ1) is 7.75. The number of Topliss-reactive ketones (excluding diaryl/α,β-unsaturated/α-hetero) is 1. The van der Waals surface area contributed by atoms with Crippen LogP contribution in [0.25, 0.3) is 0 Å². The van der Waals surface area contributed by atoms with Crippen molar-refractivity contribution in [1.82, 2.24) is 0 Å². The zero-order valence-corrected chi connectivity index (χ0v) is 10.4. The number of hydrogen-bond donors (Lipinski definition) is 0. The van der Waals surface area contributed by atoms with Crippen LogP contribution in [-0.2, 0) is 4.74 Å². The molecule has 2 aliphatic rings. The Morgan fingerprint density at radius 3 is 3.19 bits per heavy atom. The quantitative estimate of drug-likeness (QED) is 0.731. The first-order valence-electron chi connectivity index (χ1n) is 5.43. The summed E-state index contributed by atoms with van der Waals surface area (Å²) < 4.78 is 6.45. The highest BCUT2D eigenvalue weighted by Gasteiger charge is 2.33. The van der Waals surface area contributed by atoms with Gasteiger partial charge < -0.3 is 9.64 Å². The minimum Gasteiger partial charge on any atom is -0.377 e. The van der Waals surface area contributed by atoms with E-state index >= 15 is 0 Å². The van der Waals surface area contributed by atoms with E-state index in [1.807, 2.05) is 18.2 Å². The number of carbonyl (C=O) groups is 1. The molecule has 1 fully saturated rings. The zero-order chi connectivity index (χ0) is 11.1. The van der Waals surface area contributed by atoms with E-state index in [1.54, 1.807) is 0 Å². The van der Waals surface area contributed by atoms with Crippen LogP contribution in [0, 0.1) is 0 Å². The summed E-state index contributed by atoms with van der Waals surface area (Å²) in [6.07, 6.45) is 0.578. The first-order valence-corrected chi connectivity index (χ1v) is 6.22. The lowest BCUT2D eigenvalue weighted by Gasteiger charge is -2.41. The average Bonchev–Trinajstić information content (AvgIpc) is 2.29. The maximum atomic E-state index is 12.0. The van der Waals surface area contributed by atoms with Gasteiger partial charge in [0.2, 0.25) is 0 Å². The lowest BCUT2D eigenvalue weighted by atomic mass is 9.94. The summed E-state index contributed by atoms with van der Waals surface area (Å²) in [5.74, 6) is 0.231.